The summed E-state index contributed by atoms with van der Waals surface area (Å²) >= 11 is 7.15. The van der Waals surface area contributed by atoms with Crippen molar-refractivity contribution in [3.05, 3.63) is 81.1 Å². The Balaban J connectivity index is 1.83. The molecule has 0 bridgehead atoms. The normalized spacial score (nSPS) is 12.3. The number of carbonyl (C=O) groups is 2. The van der Waals surface area contributed by atoms with Crippen LogP contribution >= 0.6 is 23.4 Å². The molecule has 3 rings (SSSR count). The SMILES string of the molecule is CCN(CCSC(=O)C(Cc1cc(=O)[nH]c2ccccc12)NC(=O)c1ccc(Cl)cc1)C(C)C. The van der Waals surface area contributed by atoms with Gasteiger partial charge in [-0.3, -0.25) is 14.4 Å². The summed E-state index contributed by atoms with van der Waals surface area (Å²) in [5.74, 6) is 0.260. The highest BCUT2D eigenvalue weighted by Gasteiger charge is 2.24. The minimum absolute atomic E-state index is 0.133. The van der Waals surface area contributed by atoms with E-state index < -0.39 is 6.04 Å². The fourth-order valence-corrected chi connectivity index (χ4v) is 4.84. The number of H-pyrrole nitrogens is 1. The van der Waals surface area contributed by atoms with Gasteiger partial charge in [0.05, 0.1) is 0 Å². The Bertz CT molecular complexity index is 1190. The third kappa shape index (κ3) is 6.95. The molecule has 1 atom stereocenters. The Morgan fingerprint density at radius 3 is 2.50 bits per heavy atom. The minimum Gasteiger partial charge on any atom is -0.341 e. The standard InChI is InChI=1S/C26H30ClN3O3S/c1-4-30(17(2)3)13-14-34-26(33)23(29-25(32)18-9-11-20(27)12-10-18)15-19-16-24(31)28-22-8-6-5-7-21(19)22/h5-12,16-17,23H,4,13-15H2,1-3H3,(H,28,31)(H,29,32). The average molecular weight is 500 g/mol. The zero-order chi connectivity index (χ0) is 24.7. The first-order valence-electron chi connectivity index (χ1n) is 11.4. The molecule has 1 amide bonds. The number of carbonyl (C=O) groups excluding carboxylic acids is 2. The first kappa shape index (κ1) is 26.0. The molecular formula is C26H30ClN3O3S. The molecule has 0 fully saturated rings. The monoisotopic (exact) mass is 499 g/mol. The Kier molecular flexibility index (Phi) is 9.33. The molecule has 1 heterocycles. The van der Waals surface area contributed by atoms with E-state index in [4.69, 9.17) is 11.6 Å². The lowest BCUT2D eigenvalue weighted by Crippen LogP contribution is -2.42. The highest BCUT2D eigenvalue weighted by atomic mass is 35.5. The molecule has 0 radical (unpaired) electrons. The third-order valence-electron chi connectivity index (χ3n) is 5.72. The van der Waals surface area contributed by atoms with Gasteiger partial charge in [0.1, 0.15) is 6.04 Å². The van der Waals surface area contributed by atoms with E-state index in [1.54, 1.807) is 24.3 Å². The molecule has 3 aromatic rings. The molecule has 1 aromatic heterocycles. The van der Waals surface area contributed by atoms with E-state index in [2.05, 4.69) is 36.0 Å². The molecule has 2 aromatic carbocycles. The fourth-order valence-electron chi connectivity index (χ4n) is 3.85. The molecule has 34 heavy (non-hydrogen) atoms. The van der Waals surface area contributed by atoms with Crippen molar-refractivity contribution in [1.82, 2.24) is 15.2 Å². The number of halogens is 1. The summed E-state index contributed by atoms with van der Waals surface area (Å²) in [5, 5.41) is 4.13. The van der Waals surface area contributed by atoms with E-state index in [1.165, 1.54) is 17.8 Å². The number of benzene rings is 2. The Labute approximate surface area is 209 Å². The van der Waals surface area contributed by atoms with Crippen molar-refractivity contribution in [2.75, 3.05) is 18.8 Å². The van der Waals surface area contributed by atoms with Crippen LogP contribution in [0.3, 0.4) is 0 Å². The number of nitrogens with one attached hydrogen (secondary N) is 2. The molecule has 0 aliphatic rings. The summed E-state index contributed by atoms with van der Waals surface area (Å²) < 4.78 is 0. The summed E-state index contributed by atoms with van der Waals surface area (Å²) in [6.07, 6.45) is 0.220. The van der Waals surface area contributed by atoms with Crippen LogP contribution in [0.2, 0.25) is 5.02 Å². The van der Waals surface area contributed by atoms with Gasteiger partial charge in [-0.2, -0.15) is 0 Å². The van der Waals surface area contributed by atoms with Gasteiger partial charge in [0.2, 0.25) is 10.7 Å². The second-order valence-corrected chi connectivity index (χ2v) is 9.87. The lowest BCUT2D eigenvalue weighted by atomic mass is 10.0. The topological polar surface area (TPSA) is 82.3 Å². The highest BCUT2D eigenvalue weighted by Crippen LogP contribution is 2.19. The maximum absolute atomic E-state index is 13.3. The first-order chi connectivity index (χ1) is 16.3. The van der Waals surface area contributed by atoms with E-state index in [-0.39, 0.29) is 23.0 Å². The minimum atomic E-state index is -0.785. The van der Waals surface area contributed by atoms with Crippen LogP contribution in [0.1, 0.15) is 36.7 Å². The van der Waals surface area contributed by atoms with Gasteiger partial charge in [-0.15, -0.1) is 0 Å². The van der Waals surface area contributed by atoms with E-state index in [9.17, 15) is 14.4 Å². The third-order valence-corrected chi connectivity index (χ3v) is 6.92. The van der Waals surface area contributed by atoms with Gasteiger partial charge < -0.3 is 15.2 Å². The molecule has 0 aliphatic carbocycles. The number of hydrogen-bond donors (Lipinski definition) is 2. The number of aromatic nitrogens is 1. The van der Waals surface area contributed by atoms with E-state index in [0.29, 0.717) is 33.5 Å². The van der Waals surface area contributed by atoms with Crippen LogP contribution in [0.5, 0.6) is 0 Å². The number of nitrogens with zero attached hydrogens (tertiary/aromatic N) is 1. The van der Waals surface area contributed by atoms with Crippen molar-refractivity contribution in [2.24, 2.45) is 0 Å². The summed E-state index contributed by atoms with van der Waals surface area (Å²) in [7, 11) is 0. The second-order valence-electron chi connectivity index (χ2n) is 8.33. The van der Waals surface area contributed by atoms with Crippen LogP contribution in [0.25, 0.3) is 10.9 Å². The molecule has 180 valence electrons. The van der Waals surface area contributed by atoms with E-state index in [0.717, 1.165) is 18.5 Å². The Hall–Kier alpha value is -2.61. The second kappa shape index (κ2) is 12.2. The number of aromatic amines is 1. The van der Waals surface area contributed by atoms with Gasteiger partial charge in [-0.05, 0) is 56.3 Å². The van der Waals surface area contributed by atoms with Crippen molar-refractivity contribution in [3.63, 3.8) is 0 Å². The Morgan fingerprint density at radius 2 is 1.82 bits per heavy atom. The van der Waals surface area contributed by atoms with Crippen LogP contribution in [-0.4, -0.2) is 51.8 Å². The number of pyridine rings is 1. The van der Waals surface area contributed by atoms with Gasteiger partial charge in [-0.25, -0.2) is 0 Å². The summed E-state index contributed by atoms with van der Waals surface area (Å²) in [4.78, 5) is 43.5. The fraction of sp³-hybridized carbons (Fsp3) is 0.346. The molecule has 0 saturated carbocycles. The van der Waals surface area contributed by atoms with Crippen molar-refractivity contribution in [1.29, 1.82) is 0 Å². The summed E-state index contributed by atoms with van der Waals surface area (Å²) in [6.45, 7) is 8.03. The molecule has 0 saturated heterocycles. The Morgan fingerprint density at radius 1 is 1.12 bits per heavy atom. The van der Waals surface area contributed by atoms with Crippen molar-refractivity contribution < 1.29 is 9.59 Å². The van der Waals surface area contributed by atoms with Gasteiger partial charge in [0.15, 0.2) is 0 Å². The molecule has 1 unspecified atom stereocenters. The molecular weight excluding hydrogens is 470 g/mol. The number of thioether (sulfide) groups is 1. The molecule has 0 spiro atoms. The average Bonchev–Trinajstić information content (AvgIpc) is 2.81. The zero-order valence-electron chi connectivity index (χ0n) is 19.6. The maximum atomic E-state index is 13.3. The molecule has 0 aliphatic heterocycles. The number of rotatable bonds is 10. The van der Waals surface area contributed by atoms with Gasteiger partial charge in [0.25, 0.3) is 5.91 Å². The van der Waals surface area contributed by atoms with Gasteiger partial charge >= 0.3 is 0 Å². The first-order valence-corrected chi connectivity index (χ1v) is 12.7. The zero-order valence-corrected chi connectivity index (χ0v) is 21.2. The smallest absolute Gasteiger partial charge is 0.251 e. The lowest BCUT2D eigenvalue weighted by Gasteiger charge is -2.24. The predicted octanol–water partition coefficient (Wildman–Crippen LogP) is 4.51. The predicted molar refractivity (Wildman–Crippen MR) is 141 cm³/mol. The van der Waals surface area contributed by atoms with Crippen LogP contribution in [0.15, 0.2) is 59.4 Å². The number of para-hydroxylation sites is 1. The molecule has 8 heteroatoms. The number of hydrogen-bond acceptors (Lipinski definition) is 5. The van der Waals surface area contributed by atoms with Crippen LogP contribution in [0.4, 0.5) is 0 Å². The van der Waals surface area contributed by atoms with Gasteiger partial charge in [0, 0.05) is 52.3 Å². The van der Waals surface area contributed by atoms with Crippen LogP contribution in [-0.2, 0) is 11.2 Å². The van der Waals surface area contributed by atoms with Crippen molar-refractivity contribution >= 4 is 45.3 Å². The molecule has 6 nitrogen and oxygen atoms in total. The largest absolute Gasteiger partial charge is 0.341 e. The van der Waals surface area contributed by atoms with Crippen LogP contribution < -0.4 is 10.9 Å². The highest BCUT2D eigenvalue weighted by molar-refractivity contribution is 8.13. The van der Waals surface area contributed by atoms with E-state index >= 15 is 0 Å². The van der Waals surface area contributed by atoms with E-state index in [1.807, 2.05) is 24.3 Å². The maximum Gasteiger partial charge on any atom is 0.251 e. The van der Waals surface area contributed by atoms with Crippen molar-refractivity contribution in [2.45, 2.75) is 39.3 Å². The summed E-state index contributed by atoms with van der Waals surface area (Å²) in [6, 6.07) is 15.1. The number of amides is 1. The number of fused-ring (bicyclic) bond motifs is 1. The summed E-state index contributed by atoms with van der Waals surface area (Å²) in [5.41, 5.74) is 1.59. The van der Waals surface area contributed by atoms with Crippen molar-refractivity contribution in [3.8, 4) is 0 Å². The molecule has 2 N–H and O–H groups in total. The lowest BCUT2D eigenvalue weighted by molar-refractivity contribution is -0.112. The van der Waals surface area contributed by atoms with Crippen LogP contribution in [0, 0.1) is 0 Å². The quantitative estimate of drug-likeness (QED) is 0.429. The van der Waals surface area contributed by atoms with Gasteiger partial charge in [-0.1, -0.05) is 48.5 Å².